The van der Waals surface area contributed by atoms with Crippen LogP contribution in [0.3, 0.4) is 0 Å². The number of nitrogens with zero attached hydrogens (tertiary/aromatic N) is 1. The number of fused-ring (bicyclic) bond motifs is 6. The molecular formula is C33H22F2N2O3. The molecule has 1 spiro atoms. The number of benzene rings is 4. The highest BCUT2D eigenvalue weighted by Gasteiger charge is 2.70. The molecule has 3 aliphatic heterocycles. The molecule has 0 bridgehead atoms. The first kappa shape index (κ1) is 24.2. The predicted octanol–water partition coefficient (Wildman–Crippen LogP) is 5.82. The van der Waals surface area contributed by atoms with E-state index in [0.29, 0.717) is 16.9 Å². The van der Waals surface area contributed by atoms with E-state index in [9.17, 15) is 18.8 Å². The van der Waals surface area contributed by atoms with Gasteiger partial charge in [0.05, 0.1) is 17.5 Å². The summed E-state index contributed by atoms with van der Waals surface area (Å²) in [5, 5.41) is 2.95. The first-order valence-corrected chi connectivity index (χ1v) is 13.0. The van der Waals surface area contributed by atoms with E-state index in [2.05, 4.69) is 5.32 Å². The van der Waals surface area contributed by atoms with Crippen LogP contribution in [0.4, 0.5) is 20.2 Å². The van der Waals surface area contributed by atoms with Crippen LogP contribution in [-0.4, -0.2) is 29.6 Å². The van der Waals surface area contributed by atoms with Crippen LogP contribution in [0.15, 0.2) is 103 Å². The molecule has 1 N–H and O–H groups in total. The Hall–Kier alpha value is -4.91. The number of carbonyl (C=O) groups excluding carboxylic acids is 3. The fourth-order valence-corrected chi connectivity index (χ4v) is 6.73. The molecule has 4 unspecified atom stereocenters. The van der Waals surface area contributed by atoms with Crippen molar-refractivity contribution in [3.63, 3.8) is 0 Å². The molecule has 3 heterocycles. The lowest BCUT2D eigenvalue weighted by atomic mass is 9.64. The summed E-state index contributed by atoms with van der Waals surface area (Å²) in [7, 11) is 0. The van der Waals surface area contributed by atoms with Crippen molar-refractivity contribution in [3.05, 3.63) is 137 Å². The number of halogens is 2. The zero-order chi connectivity index (χ0) is 27.6. The van der Waals surface area contributed by atoms with E-state index in [1.807, 2.05) is 36.4 Å². The molecule has 1 fully saturated rings. The molecule has 1 amide bonds. The van der Waals surface area contributed by atoms with Gasteiger partial charge in [0.15, 0.2) is 11.6 Å². The summed E-state index contributed by atoms with van der Waals surface area (Å²) in [6, 6.07) is 23.3. The number of para-hydroxylation sites is 2. The molecule has 4 atom stereocenters. The molecule has 0 aliphatic carbocycles. The van der Waals surface area contributed by atoms with Gasteiger partial charge in [0.25, 0.3) is 0 Å². The van der Waals surface area contributed by atoms with Gasteiger partial charge in [-0.2, -0.15) is 0 Å². The second kappa shape index (κ2) is 8.81. The van der Waals surface area contributed by atoms with Gasteiger partial charge < -0.3 is 10.2 Å². The third-order valence-electron chi connectivity index (χ3n) is 8.36. The van der Waals surface area contributed by atoms with E-state index >= 15 is 4.39 Å². The van der Waals surface area contributed by atoms with Crippen molar-refractivity contribution < 1.29 is 23.2 Å². The number of hydrogen-bond acceptors (Lipinski definition) is 4. The lowest BCUT2D eigenvalue weighted by Gasteiger charge is -2.37. The summed E-state index contributed by atoms with van der Waals surface area (Å²) in [4.78, 5) is 45.0. The Morgan fingerprint density at radius 3 is 2.30 bits per heavy atom. The molecule has 196 valence electrons. The molecule has 4 aromatic carbocycles. The maximum Gasteiger partial charge on any atom is 0.238 e. The largest absolute Gasteiger partial charge is 0.352 e. The Kier molecular flexibility index (Phi) is 5.32. The maximum atomic E-state index is 15.1. The van der Waals surface area contributed by atoms with Gasteiger partial charge in [-0.15, -0.1) is 0 Å². The van der Waals surface area contributed by atoms with Crippen molar-refractivity contribution in [2.45, 2.75) is 17.5 Å². The highest BCUT2D eigenvalue weighted by molar-refractivity contribution is 6.18. The lowest BCUT2D eigenvalue weighted by molar-refractivity contribution is -0.121. The second-order valence-electron chi connectivity index (χ2n) is 10.3. The van der Waals surface area contributed by atoms with Crippen LogP contribution < -0.4 is 10.2 Å². The molecule has 0 aromatic heterocycles. The van der Waals surface area contributed by atoms with Crippen LogP contribution in [0.5, 0.6) is 0 Å². The van der Waals surface area contributed by atoms with Gasteiger partial charge in [0, 0.05) is 16.9 Å². The Bertz CT molecular complexity index is 1750. The number of anilines is 2. The second-order valence-corrected chi connectivity index (χ2v) is 10.3. The van der Waals surface area contributed by atoms with Gasteiger partial charge in [-0.05, 0) is 59.7 Å². The third-order valence-corrected chi connectivity index (χ3v) is 8.36. The van der Waals surface area contributed by atoms with E-state index in [4.69, 9.17) is 0 Å². The molecular weight excluding hydrogens is 510 g/mol. The summed E-state index contributed by atoms with van der Waals surface area (Å²) in [6.07, 6.45) is 3.74. The van der Waals surface area contributed by atoms with E-state index in [1.54, 1.807) is 35.2 Å². The molecule has 0 radical (unpaired) electrons. The maximum absolute atomic E-state index is 15.1. The quantitative estimate of drug-likeness (QED) is 0.337. The smallest absolute Gasteiger partial charge is 0.238 e. The molecule has 4 aromatic rings. The van der Waals surface area contributed by atoms with E-state index in [0.717, 1.165) is 5.56 Å². The topological polar surface area (TPSA) is 66.5 Å². The highest BCUT2D eigenvalue weighted by Crippen LogP contribution is 2.58. The summed E-state index contributed by atoms with van der Waals surface area (Å²) in [5.41, 5.74) is 1.08. The third kappa shape index (κ3) is 3.21. The zero-order valence-electron chi connectivity index (χ0n) is 21.1. The van der Waals surface area contributed by atoms with Crippen LogP contribution in [0, 0.1) is 17.6 Å². The minimum absolute atomic E-state index is 0.159. The SMILES string of the molecule is O=C(c1ccccc1F)C1C(C(=O)c2ccc(F)cc2)C2(C(=O)Nc3ccccc32)C2C=Cc3ccccc3N12. The number of amides is 1. The van der Waals surface area contributed by atoms with Crippen molar-refractivity contribution in [2.24, 2.45) is 5.92 Å². The minimum atomic E-state index is -1.52. The predicted molar refractivity (Wildman–Crippen MR) is 147 cm³/mol. The molecule has 40 heavy (non-hydrogen) atoms. The van der Waals surface area contributed by atoms with E-state index in [-0.39, 0.29) is 11.1 Å². The van der Waals surface area contributed by atoms with Crippen LogP contribution in [-0.2, 0) is 10.2 Å². The van der Waals surface area contributed by atoms with Crippen molar-refractivity contribution in [1.29, 1.82) is 0 Å². The zero-order valence-corrected chi connectivity index (χ0v) is 21.1. The molecule has 3 aliphatic rings. The van der Waals surface area contributed by atoms with Crippen molar-refractivity contribution in [2.75, 3.05) is 10.2 Å². The number of carbonyl (C=O) groups is 3. The van der Waals surface area contributed by atoms with Crippen LogP contribution in [0.1, 0.15) is 31.8 Å². The van der Waals surface area contributed by atoms with Crippen LogP contribution in [0.2, 0.25) is 0 Å². The molecule has 5 nitrogen and oxygen atoms in total. The minimum Gasteiger partial charge on any atom is -0.352 e. The van der Waals surface area contributed by atoms with Crippen molar-refractivity contribution in [3.8, 4) is 0 Å². The Labute approximate surface area is 228 Å². The fourth-order valence-electron chi connectivity index (χ4n) is 6.73. The Morgan fingerprint density at radius 2 is 1.50 bits per heavy atom. The lowest BCUT2D eigenvalue weighted by Crippen LogP contribution is -2.51. The number of hydrogen-bond donors (Lipinski definition) is 1. The van der Waals surface area contributed by atoms with Crippen LogP contribution >= 0.6 is 0 Å². The van der Waals surface area contributed by atoms with Gasteiger partial charge >= 0.3 is 0 Å². The Balaban J connectivity index is 1.55. The average Bonchev–Trinajstić information content (AvgIpc) is 3.45. The molecule has 0 saturated carbocycles. The number of ketones is 2. The summed E-state index contributed by atoms with van der Waals surface area (Å²) in [5.74, 6) is -4.01. The van der Waals surface area contributed by atoms with Gasteiger partial charge in [-0.25, -0.2) is 8.78 Å². The normalized spacial score (nSPS) is 23.9. The fraction of sp³-hybridized carbons (Fsp3) is 0.121. The Morgan fingerprint density at radius 1 is 0.800 bits per heavy atom. The average molecular weight is 533 g/mol. The molecule has 7 heteroatoms. The molecule has 1 saturated heterocycles. The van der Waals surface area contributed by atoms with Crippen molar-refractivity contribution in [1.82, 2.24) is 0 Å². The number of rotatable bonds is 4. The summed E-state index contributed by atoms with van der Waals surface area (Å²) < 4.78 is 29.0. The standard InChI is InChI=1S/C33H22F2N2O3/c34-21-16-13-20(14-17-21)30(38)28-29(31(39)22-8-2-4-10-24(22)35)37-26-12-6-1-7-19(26)15-18-27(37)33(28)23-9-3-5-11-25(23)36-32(33)40/h1-18,27-29H,(H,36,40). The van der Waals surface area contributed by atoms with E-state index < -0.39 is 52.5 Å². The first-order chi connectivity index (χ1) is 19.4. The van der Waals surface area contributed by atoms with Crippen molar-refractivity contribution >= 4 is 34.9 Å². The molecule has 7 rings (SSSR count). The summed E-state index contributed by atoms with van der Waals surface area (Å²) >= 11 is 0. The van der Waals surface area contributed by atoms with Gasteiger partial charge in [-0.1, -0.05) is 60.7 Å². The van der Waals surface area contributed by atoms with Gasteiger partial charge in [0.1, 0.15) is 23.1 Å². The number of Topliss-reactive ketones (excluding diaryl/α,β-unsaturated/α-hetero) is 2. The number of nitrogens with one attached hydrogen (secondary N) is 1. The first-order valence-electron chi connectivity index (χ1n) is 13.0. The van der Waals surface area contributed by atoms with Gasteiger partial charge in [0.2, 0.25) is 5.91 Å². The summed E-state index contributed by atoms with van der Waals surface area (Å²) in [6.45, 7) is 0. The van der Waals surface area contributed by atoms with E-state index in [1.165, 1.54) is 42.5 Å². The van der Waals surface area contributed by atoms with Crippen LogP contribution in [0.25, 0.3) is 6.08 Å². The highest BCUT2D eigenvalue weighted by atomic mass is 19.1. The monoisotopic (exact) mass is 532 g/mol. The van der Waals surface area contributed by atoms with Gasteiger partial charge in [-0.3, -0.25) is 14.4 Å².